The molecule has 0 radical (unpaired) electrons. The van der Waals surface area contributed by atoms with Crippen LogP contribution < -0.4 is 10.6 Å². The normalized spacial score (nSPS) is 27.7. The van der Waals surface area contributed by atoms with E-state index in [1.54, 1.807) is 0 Å². The zero-order valence-corrected chi connectivity index (χ0v) is 12.3. The van der Waals surface area contributed by atoms with Crippen molar-refractivity contribution in [1.29, 1.82) is 0 Å². The zero-order chi connectivity index (χ0) is 12.8. The van der Waals surface area contributed by atoms with Gasteiger partial charge in [-0.1, -0.05) is 25.7 Å². The molecule has 1 aliphatic heterocycles. The van der Waals surface area contributed by atoms with E-state index in [0.717, 1.165) is 19.5 Å². The Morgan fingerprint density at radius 3 is 2.67 bits per heavy atom. The maximum Gasteiger partial charge on any atom is 0.237 e. The predicted octanol–water partition coefficient (Wildman–Crippen LogP) is 2.31. The third-order valence-electron chi connectivity index (χ3n) is 4.41. The minimum Gasteiger partial charge on any atom is -0.353 e. The summed E-state index contributed by atoms with van der Waals surface area (Å²) < 4.78 is 0.308. The summed E-state index contributed by atoms with van der Waals surface area (Å²) in [4.78, 5) is 12.1. The number of hydrogen-bond donors (Lipinski definition) is 2. The summed E-state index contributed by atoms with van der Waals surface area (Å²) in [5.74, 6) is 0.216. The largest absolute Gasteiger partial charge is 0.353 e. The molecule has 2 rings (SSSR count). The average Bonchev–Trinajstić information content (AvgIpc) is 2.47. The molecule has 2 aliphatic rings. The lowest BCUT2D eigenvalue weighted by molar-refractivity contribution is -0.123. The molecule has 3 nitrogen and oxygen atoms in total. The van der Waals surface area contributed by atoms with Crippen LogP contribution in [0.15, 0.2) is 0 Å². The summed E-state index contributed by atoms with van der Waals surface area (Å²) in [5, 5.41) is 6.51. The molecule has 1 heterocycles. The first-order valence-corrected chi connectivity index (χ1v) is 8.54. The standard InChI is InChI=1S/C14H26N2OS/c1-18-14(8-4-2-5-9-14)11-16-13(17)12-7-3-6-10-15-12/h12,15H,2-11H2,1H3,(H,16,17)/t12-/m1/s1. The lowest BCUT2D eigenvalue weighted by atomic mass is 9.88. The van der Waals surface area contributed by atoms with Crippen LogP contribution in [-0.2, 0) is 4.79 Å². The van der Waals surface area contributed by atoms with E-state index in [1.807, 2.05) is 11.8 Å². The fraction of sp³-hybridized carbons (Fsp3) is 0.929. The van der Waals surface area contributed by atoms with Crippen LogP contribution in [0.3, 0.4) is 0 Å². The van der Waals surface area contributed by atoms with Crippen molar-refractivity contribution in [3.63, 3.8) is 0 Å². The van der Waals surface area contributed by atoms with Crippen molar-refractivity contribution < 1.29 is 4.79 Å². The Kier molecular flexibility index (Phi) is 5.37. The molecule has 1 amide bonds. The smallest absolute Gasteiger partial charge is 0.237 e. The molecule has 0 spiro atoms. The Morgan fingerprint density at radius 1 is 1.28 bits per heavy atom. The maximum absolute atomic E-state index is 12.1. The highest BCUT2D eigenvalue weighted by atomic mass is 32.2. The van der Waals surface area contributed by atoms with Gasteiger partial charge in [0.15, 0.2) is 0 Å². The molecule has 104 valence electrons. The van der Waals surface area contributed by atoms with Crippen molar-refractivity contribution >= 4 is 17.7 Å². The van der Waals surface area contributed by atoms with Gasteiger partial charge in [-0.3, -0.25) is 4.79 Å². The van der Waals surface area contributed by atoms with Gasteiger partial charge < -0.3 is 10.6 Å². The topological polar surface area (TPSA) is 41.1 Å². The molecule has 0 aromatic rings. The highest BCUT2D eigenvalue weighted by Crippen LogP contribution is 2.37. The van der Waals surface area contributed by atoms with E-state index < -0.39 is 0 Å². The van der Waals surface area contributed by atoms with Crippen molar-refractivity contribution in [2.45, 2.75) is 62.2 Å². The second-order valence-electron chi connectivity index (χ2n) is 5.67. The van der Waals surface area contributed by atoms with Crippen LogP contribution in [0.5, 0.6) is 0 Å². The van der Waals surface area contributed by atoms with E-state index in [-0.39, 0.29) is 11.9 Å². The Hall–Kier alpha value is -0.220. The van der Waals surface area contributed by atoms with Gasteiger partial charge in [-0.2, -0.15) is 11.8 Å². The first-order chi connectivity index (χ1) is 8.76. The van der Waals surface area contributed by atoms with E-state index in [0.29, 0.717) is 4.75 Å². The van der Waals surface area contributed by atoms with Gasteiger partial charge in [-0.15, -0.1) is 0 Å². The number of amides is 1. The molecule has 0 aromatic carbocycles. The molecule has 1 saturated heterocycles. The first-order valence-electron chi connectivity index (χ1n) is 7.32. The van der Waals surface area contributed by atoms with Crippen molar-refractivity contribution in [1.82, 2.24) is 10.6 Å². The van der Waals surface area contributed by atoms with Crippen molar-refractivity contribution in [3.05, 3.63) is 0 Å². The maximum atomic E-state index is 12.1. The quantitative estimate of drug-likeness (QED) is 0.823. The average molecular weight is 270 g/mol. The lowest BCUT2D eigenvalue weighted by Crippen LogP contribution is -2.50. The van der Waals surface area contributed by atoms with Gasteiger partial charge in [0.25, 0.3) is 0 Å². The summed E-state index contributed by atoms with van der Waals surface area (Å²) >= 11 is 1.95. The van der Waals surface area contributed by atoms with Crippen LogP contribution in [0.4, 0.5) is 0 Å². The van der Waals surface area contributed by atoms with E-state index in [1.165, 1.54) is 44.9 Å². The molecule has 1 aliphatic carbocycles. The first kappa shape index (κ1) is 14.2. The second-order valence-corrected chi connectivity index (χ2v) is 6.94. The highest BCUT2D eigenvalue weighted by Gasteiger charge is 2.32. The predicted molar refractivity (Wildman–Crippen MR) is 78.0 cm³/mol. The number of rotatable bonds is 4. The minimum absolute atomic E-state index is 0.0567. The number of nitrogens with one attached hydrogen (secondary N) is 2. The summed E-state index contributed by atoms with van der Waals surface area (Å²) in [6.45, 7) is 1.84. The van der Waals surface area contributed by atoms with Crippen molar-refractivity contribution in [2.75, 3.05) is 19.3 Å². The van der Waals surface area contributed by atoms with Crippen LogP contribution >= 0.6 is 11.8 Å². The van der Waals surface area contributed by atoms with E-state index in [4.69, 9.17) is 0 Å². The molecule has 0 aromatic heterocycles. The highest BCUT2D eigenvalue weighted by molar-refractivity contribution is 8.00. The van der Waals surface area contributed by atoms with Gasteiger partial charge in [-0.25, -0.2) is 0 Å². The number of piperidine rings is 1. The van der Waals surface area contributed by atoms with E-state index in [9.17, 15) is 4.79 Å². The van der Waals surface area contributed by atoms with E-state index in [2.05, 4.69) is 16.9 Å². The molecule has 0 bridgehead atoms. The Labute approximate surface area is 115 Å². The molecule has 0 unspecified atom stereocenters. The summed E-state index contributed by atoms with van der Waals surface area (Å²) in [6.07, 6.45) is 12.1. The molecule has 18 heavy (non-hydrogen) atoms. The zero-order valence-electron chi connectivity index (χ0n) is 11.5. The number of carbonyl (C=O) groups is 1. The monoisotopic (exact) mass is 270 g/mol. The summed E-state index contributed by atoms with van der Waals surface area (Å²) in [7, 11) is 0. The Morgan fingerprint density at radius 2 is 2.06 bits per heavy atom. The number of carbonyl (C=O) groups excluding carboxylic acids is 1. The van der Waals surface area contributed by atoms with Gasteiger partial charge in [-0.05, 0) is 38.5 Å². The van der Waals surface area contributed by atoms with Crippen LogP contribution in [0, 0.1) is 0 Å². The Bertz CT molecular complexity index is 271. The van der Waals surface area contributed by atoms with Gasteiger partial charge >= 0.3 is 0 Å². The third-order valence-corrected chi connectivity index (χ3v) is 5.83. The Balaban J connectivity index is 1.79. The van der Waals surface area contributed by atoms with Gasteiger partial charge in [0.05, 0.1) is 6.04 Å². The summed E-state index contributed by atoms with van der Waals surface area (Å²) in [6, 6.07) is 0.0567. The molecule has 1 saturated carbocycles. The minimum atomic E-state index is 0.0567. The number of thioether (sulfide) groups is 1. The van der Waals surface area contributed by atoms with Gasteiger partial charge in [0, 0.05) is 11.3 Å². The van der Waals surface area contributed by atoms with Gasteiger partial charge in [0.2, 0.25) is 5.91 Å². The van der Waals surface area contributed by atoms with Crippen LogP contribution in [-0.4, -0.2) is 36.0 Å². The van der Waals surface area contributed by atoms with Crippen LogP contribution in [0.25, 0.3) is 0 Å². The van der Waals surface area contributed by atoms with E-state index >= 15 is 0 Å². The molecule has 2 fully saturated rings. The summed E-state index contributed by atoms with van der Waals surface area (Å²) in [5.41, 5.74) is 0. The number of hydrogen-bond acceptors (Lipinski definition) is 3. The SMILES string of the molecule is CSC1(CNC(=O)[C@H]2CCCCN2)CCCCC1. The molecule has 2 N–H and O–H groups in total. The molecule has 1 atom stereocenters. The molecule has 4 heteroatoms. The molecular formula is C14H26N2OS. The van der Waals surface area contributed by atoms with Crippen LogP contribution in [0.2, 0.25) is 0 Å². The third kappa shape index (κ3) is 3.64. The van der Waals surface area contributed by atoms with Gasteiger partial charge in [0.1, 0.15) is 0 Å². The second kappa shape index (κ2) is 6.80. The van der Waals surface area contributed by atoms with Crippen molar-refractivity contribution in [3.8, 4) is 0 Å². The lowest BCUT2D eigenvalue weighted by Gasteiger charge is -2.36. The molecular weight excluding hydrogens is 244 g/mol. The van der Waals surface area contributed by atoms with Crippen LogP contribution in [0.1, 0.15) is 51.4 Å². The fourth-order valence-electron chi connectivity index (χ4n) is 3.10. The van der Waals surface area contributed by atoms with Crippen molar-refractivity contribution in [2.24, 2.45) is 0 Å². The fourth-order valence-corrected chi connectivity index (χ4v) is 4.01.